The maximum atomic E-state index is 11.6. The largest absolute Gasteiger partial charge is 0.494 e. The van der Waals surface area contributed by atoms with Crippen molar-refractivity contribution in [3.05, 3.63) is 28.8 Å². The van der Waals surface area contributed by atoms with E-state index in [1.165, 1.54) is 0 Å². The predicted molar refractivity (Wildman–Crippen MR) is 73.8 cm³/mol. The number of carboxylic acid groups (broad SMARTS) is 1. The summed E-state index contributed by atoms with van der Waals surface area (Å²) >= 11 is 6.01. The summed E-state index contributed by atoms with van der Waals surface area (Å²) in [6, 6.07) is 4.48. The lowest BCUT2D eigenvalue weighted by molar-refractivity contribution is -0.143. The Labute approximate surface area is 117 Å². The molecule has 0 radical (unpaired) electrons. The molecule has 1 atom stereocenters. The van der Waals surface area contributed by atoms with Crippen LogP contribution in [0.4, 0.5) is 0 Å². The lowest BCUT2D eigenvalue weighted by Crippen LogP contribution is -2.32. The summed E-state index contributed by atoms with van der Waals surface area (Å²) < 4.78 is 5.53. The van der Waals surface area contributed by atoms with Gasteiger partial charge in [0.15, 0.2) is 0 Å². The average molecular weight is 284 g/mol. The quantitative estimate of drug-likeness (QED) is 0.903. The van der Waals surface area contributed by atoms with Crippen molar-refractivity contribution in [3.8, 4) is 5.75 Å². The van der Waals surface area contributed by atoms with Gasteiger partial charge < -0.3 is 9.84 Å². The van der Waals surface area contributed by atoms with Gasteiger partial charge in [-0.05, 0) is 51.1 Å². The molecule has 1 aliphatic rings. The fraction of sp³-hybridized carbons (Fsp3) is 0.500. The topological polar surface area (TPSA) is 49.8 Å². The van der Waals surface area contributed by atoms with Crippen LogP contribution in [0.5, 0.6) is 5.75 Å². The van der Waals surface area contributed by atoms with E-state index in [-0.39, 0.29) is 0 Å². The molecule has 1 aromatic carbocycles. The molecular formula is C14H18ClNO3. The molecule has 2 rings (SSSR count). The molecule has 104 valence electrons. The van der Waals surface area contributed by atoms with Gasteiger partial charge in [-0.1, -0.05) is 11.6 Å². The zero-order valence-electron chi connectivity index (χ0n) is 10.9. The summed E-state index contributed by atoms with van der Waals surface area (Å²) in [6.07, 6.45) is 2.07. The van der Waals surface area contributed by atoms with Crippen LogP contribution in [0.25, 0.3) is 0 Å². The van der Waals surface area contributed by atoms with Gasteiger partial charge in [-0.2, -0.15) is 0 Å². The van der Waals surface area contributed by atoms with Gasteiger partial charge in [0.05, 0.1) is 6.61 Å². The molecule has 1 N–H and O–H groups in total. The van der Waals surface area contributed by atoms with Crippen molar-refractivity contribution < 1.29 is 14.6 Å². The van der Waals surface area contributed by atoms with E-state index in [1.807, 2.05) is 11.8 Å². The highest BCUT2D eigenvalue weighted by atomic mass is 35.5. The fourth-order valence-electron chi connectivity index (χ4n) is 2.51. The monoisotopic (exact) mass is 283 g/mol. The summed E-state index contributed by atoms with van der Waals surface area (Å²) in [5, 5.41) is 10.1. The third-order valence-electron chi connectivity index (χ3n) is 3.31. The molecule has 1 aliphatic heterocycles. The lowest BCUT2D eigenvalue weighted by Gasteiger charge is -2.25. The van der Waals surface area contributed by atoms with Crippen molar-refractivity contribution in [3.63, 3.8) is 0 Å². The highest BCUT2D eigenvalue weighted by Gasteiger charge is 2.31. The lowest BCUT2D eigenvalue weighted by atomic mass is 10.0. The zero-order chi connectivity index (χ0) is 13.8. The van der Waals surface area contributed by atoms with Crippen molar-refractivity contribution in [2.24, 2.45) is 0 Å². The van der Waals surface area contributed by atoms with Crippen LogP contribution in [-0.2, 0) is 4.79 Å². The second-order valence-corrected chi connectivity index (χ2v) is 5.04. The first-order valence-electron chi connectivity index (χ1n) is 6.52. The first-order chi connectivity index (χ1) is 9.13. The van der Waals surface area contributed by atoms with Crippen LogP contribution in [-0.4, -0.2) is 35.7 Å². The number of benzene rings is 1. The second kappa shape index (κ2) is 6.26. The third kappa shape index (κ3) is 3.19. The second-order valence-electron chi connectivity index (χ2n) is 4.60. The number of carboxylic acids is 1. The normalized spacial score (nSPS) is 17.4. The highest BCUT2D eigenvalue weighted by Crippen LogP contribution is 2.34. The average Bonchev–Trinajstić information content (AvgIpc) is 2.86. The van der Waals surface area contributed by atoms with Crippen LogP contribution in [0.1, 0.15) is 31.4 Å². The molecule has 0 saturated carbocycles. The minimum atomic E-state index is -0.856. The number of halogens is 1. The highest BCUT2D eigenvalue weighted by molar-refractivity contribution is 6.30. The first-order valence-corrected chi connectivity index (χ1v) is 6.90. The molecule has 0 bridgehead atoms. The van der Waals surface area contributed by atoms with Gasteiger partial charge in [0, 0.05) is 10.6 Å². The van der Waals surface area contributed by atoms with E-state index < -0.39 is 12.0 Å². The minimum Gasteiger partial charge on any atom is -0.494 e. The number of aliphatic carboxylic acids is 1. The van der Waals surface area contributed by atoms with E-state index in [4.69, 9.17) is 16.3 Å². The summed E-state index contributed by atoms with van der Waals surface area (Å²) in [4.78, 5) is 13.6. The first kappa shape index (κ1) is 14.2. The van der Waals surface area contributed by atoms with Crippen molar-refractivity contribution in [1.82, 2.24) is 4.90 Å². The maximum Gasteiger partial charge on any atom is 0.325 e. The van der Waals surface area contributed by atoms with Crippen LogP contribution < -0.4 is 4.74 Å². The number of hydrogen-bond donors (Lipinski definition) is 1. The Hall–Kier alpha value is -1.26. The van der Waals surface area contributed by atoms with Gasteiger partial charge in [-0.3, -0.25) is 9.69 Å². The number of nitrogens with zero attached hydrogens (tertiary/aromatic N) is 1. The molecule has 0 unspecified atom stereocenters. The Morgan fingerprint density at radius 3 is 2.74 bits per heavy atom. The van der Waals surface area contributed by atoms with Gasteiger partial charge in [0.25, 0.3) is 0 Å². The molecule has 0 amide bonds. The Morgan fingerprint density at radius 2 is 2.16 bits per heavy atom. The summed E-state index contributed by atoms with van der Waals surface area (Å²) in [6.45, 7) is 3.98. The van der Waals surface area contributed by atoms with Crippen molar-refractivity contribution in [1.29, 1.82) is 0 Å². The van der Waals surface area contributed by atoms with E-state index in [1.54, 1.807) is 18.2 Å². The van der Waals surface area contributed by atoms with Crippen molar-refractivity contribution in [2.75, 3.05) is 19.7 Å². The summed E-state index contributed by atoms with van der Waals surface area (Å²) in [7, 11) is 0. The summed E-state index contributed by atoms with van der Waals surface area (Å²) in [5.74, 6) is -0.253. The fourth-order valence-corrected chi connectivity index (χ4v) is 2.69. The number of hydrogen-bond acceptors (Lipinski definition) is 3. The number of carbonyl (C=O) groups is 1. The molecule has 0 spiro atoms. The zero-order valence-corrected chi connectivity index (χ0v) is 11.7. The van der Waals surface area contributed by atoms with E-state index in [0.717, 1.165) is 25.9 Å². The van der Waals surface area contributed by atoms with Crippen LogP contribution >= 0.6 is 11.6 Å². The summed E-state index contributed by atoms with van der Waals surface area (Å²) in [5.41, 5.74) is 0.642. The predicted octanol–water partition coefficient (Wildman–Crippen LogP) is 2.96. The van der Waals surface area contributed by atoms with Crippen LogP contribution in [0.15, 0.2) is 18.2 Å². The number of likely N-dealkylation sites (tertiary alicyclic amines) is 1. The van der Waals surface area contributed by atoms with Crippen LogP contribution in [0.3, 0.4) is 0 Å². The third-order valence-corrected chi connectivity index (χ3v) is 3.54. The molecule has 1 heterocycles. The molecule has 19 heavy (non-hydrogen) atoms. The van der Waals surface area contributed by atoms with E-state index in [0.29, 0.717) is 22.9 Å². The molecule has 0 aliphatic carbocycles. The number of ether oxygens (including phenoxy) is 1. The van der Waals surface area contributed by atoms with Crippen molar-refractivity contribution in [2.45, 2.75) is 25.8 Å². The molecule has 5 heteroatoms. The number of rotatable bonds is 5. The minimum absolute atomic E-state index is 0.501. The van der Waals surface area contributed by atoms with Crippen LogP contribution in [0, 0.1) is 0 Å². The molecule has 4 nitrogen and oxygen atoms in total. The Morgan fingerprint density at radius 1 is 1.47 bits per heavy atom. The Kier molecular flexibility index (Phi) is 4.66. The van der Waals surface area contributed by atoms with E-state index in [9.17, 15) is 9.90 Å². The molecule has 1 fully saturated rings. The van der Waals surface area contributed by atoms with Gasteiger partial charge in [-0.15, -0.1) is 0 Å². The Balaban J connectivity index is 2.39. The van der Waals surface area contributed by atoms with Gasteiger partial charge in [0.2, 0.25) is 0 Å². The maximum absolute atomic E-state index is 11.6. The van der Waals surface area contributed by atoms with Gasteiger partial charge >= 0.3 is 5.97 Å². The van der Waals surface area contributed by atoms with Gasteiger partial charge in [0.1, 0.15) is 11.8 Å². The van der Waals surface area contributed by atoms with E-state index in [2.05, 4.69) is 0 Å². The molecule has 0 aromatic heterocycles. The molecule has 1 aromatic rings. The smallest absolute Gasteiger partial charge is 0.325 e. The van der Waals surface area contributed by atoms with Crippen molar-refractivity contribution >= 4 is 17.6 Å². The molecule has 1 saturated heterocycles. The van der Waals surface area contributed by atoms with Crippen LogP contribution in [0.2, 0.25) is 5.02 Å². The van der Waals surface area contributed by atoms with E-state index >= 15 is 0 Å². The van der Waals surface area contributed by atoms with Gasteiger partial charge in [-0.25, -0.2) is 0 Å². The molecular weight excluding hydrogens is 266 g/mol. The SMILES string of the molecule is CCOc1ccc(Cl)cc1[C@@H](C(=O)O)N1CCCC1. The Bertz CT molecular complexity index is 458. The standard InChI is InChI=1S/C14H18ClNO3/c1-2-19-12-6-5-10(15)9-11(12)13(14(17)18)16-7-3-4-8-16/h5-6,9,13H,2-4,7-8H2,1H3,(H,17,18)/t13-/m0/s1.